The van der Waals surface area contributed by atoms with Crippen molar-refractivity contribution in [1.82, 2.24) is 4.90 Å². The van der Waals surface area contributed by atoms with Crippen LogP contribution < -0.4 is 5.73 Å². The predicted octanol–water partition coefficient (Wildman–Crippen LogP) is 0.917. The predicted molar refractivity (Wildman–Crippen MR) is 54.5 cm³/mol. The van der Waals surface area contributed by atoms with Crippen molar-refractivity contribution in [2.24, 2.45) is 5.73 Å². The number of nitrogens with zero attached hydrogens (tertiary/aromatic N) is 1. The van der Waals surface area contributed by atoms with E-state index >= 15 is 0 Å². The largest absolute Gasteiger partial charge is 0.368 e. The van der Waals surface area contributed by atoms with E-state index in [1.807, 2.05) is 18.2 Å². The molecular formula is C11H14N2O. The van der Waals surface area contributed by atoms with E-state index in [1.165, 1.54) is 5.56 Å². The van der Waals surface area contributed by atoms with Crippen molar-refractivity contribution >= 4 is 5.91 Å². The molecule has 1 heterocycles. The van der Waals surface area contributed by atoms with Gasteiger partial charge in [0.15, 0.2) is 0 Å². The zero-order valence-corrected chi connectivity index (χ0v) is 8.18. The molecule has 1 aliphatic rings. The molecule has 3 nitrogen and oxygen atoms in total. The van der Waals surface area contributed by atoms with Crippen LogP contribution in [0.4, 0.5) is 0 Å². The summed E-state index contributed by atoms with van der Waals surface area (Å²) in [6, 6.07) is 10.4. The molecule has 1 saturated heterocycles. The van der Waals surface area contributed by atoms with E-state index in [0.29, 0.717) is 0 Å². The SMILES string of the molecule is CC(c1ccccc1)N1CC1C(N)=O. The van der Waals surface area contributed by atoms with E-state index in [-0.39, 0.29) is 18.0 Å². The molecule has 2 N–H and O–H groups in total. The van der Waals surface area contributed by atoms with Gasteiger partial charge in [0.2, 0.25) is 5.91 Å². The minimum absolute atomic E-state index is 0.0507. The number of primary amides is 1. The first kappa shape index (κ1) is 9.21. The van der Waals surface area contributed by atoms with Gasteiger partial charge in [0.1, 0.15) is 6.04 Å². The van der Waals surface area contributed by atoms with E-state index in [0.717, 1.165) is 6.54 Å². The Bertz CT molecular complexity index is 336. The maximum atomic E-state index is 10.9. The second-order valence-corrected chi connectivity index (χ2v) is 3.70. The first-order valence-electron chi connectivity index (χ1n) is 4.80. The van der Waals surface area contributed by atoms with Crippen LogP contribution in [0.5, 0.6) is 0 Å². The molecule has 1 amide bonds. The van der Waals surface area contributed by atoms with E-state index in [9.17, 15) is 4.79 Å². The van der Waals surface area contributed by atoms with Crippen LogP contribution in [-0.4, -0.2) is 23.4 Å². The molecule has 3 unspecified atom stereocenters. The summed E-state index contributed by atoms with van der Waals surface area (Å²) in [4.78, 5) is 13.0. The average Bonchev–Trinajstić information content (AvgIpc) is 2.97. The van der Waals surface area contributed by atoms with Crippen LogP contribution in [0.1, 0.15) is 18.5 Å². The zero-order valence-electron chi connectivity index (χ0n) is 8.18. The Morgan fingerprint density at radius 3 is 2.64 bits per heavy atom. The van der Waals surface area contributed by atoms with Crippen LogP contribution in [0, 0.1) is 0 Å². The van der Waals surface area contributed by atoms with Crippen molar-refractivity contribution in [3.63, 3.8) is 0 Å². The molecule has 14 heavy (non-hydrogen) atoms. The van der Waals surface area contributed by atoms with Crippen molar-refractivity contribution in [3.8, 4) is 0 Å². The Morgan fingerprint density at radius 1 is 1.50 bits per heavy atom. The molecule has 0 aliphatic carbocycles. The Morgan fingerprint density at radius 2 is 2.14 bits per heavy atom. The third-order valence-electron chi connectivity index (χ3n) is 2.76. The molecule has 3 atom stereocenters. The topological polar surface area (TPSA) is 46.1 Å². The Labute approximate surface area is 83.5 Å². The molecule has 1 aromatic rings. The molecule has 1 aliphatic heterocycles. The van der Waals surface area contributed by atoms with Gasteiger partial charge in [0, 0.05) is 12.6 Å². The maximum absolute atomic E-state index is 10.9. The highest BCUT2D eigenvalue weighted by atomic mass is 16.1. The normalized spacial score (nSPS) is 26.9. The number of benzene rings is 1. The molecule has 1 aromatic carbocycles. The van der Waals surface area contributed by atoms with Gasteiger partial charge in [-0.1, -0.05) is 30.3 Å². The third kappa shape index (κ3) is 1.63. The zero-order chi connectivity index (χ0) is 10.1. The van der Waals surface area contributed by atoms with Crippen LogP contribution in [0.15, 0.2) is 30.3 Å². The lowest BCUT2D eigenvalue weighted by atomic mass is 10.1. The van der Waals surface area contributed by atoms with Gasteiger partial charge in [-0.15, -0.1) is 0 Å². The van der Waals surface area contributed by atoms with Gasteiger partial charge in [-0.3, -0.25) is 9.69 Å². The maximum Gasteiger partial charge on any atom is 0.236 e. The van der Waals surface area contributed by atoms with Crippen molar-refractivity contribution in [2.75, 3.05) is 6.54 Å². The van der Waals surface area contributed by atoms with Gasteiger partial charge in [-0.05, 0) is 12.5 Å². The molecule has 2 rings (SSSR count). The second kappa shape index (κ2) is 3.42. The van der Waals surface area contributed by atoms with Crippen LogP contribution in [0.3, 0.4) is 0 Å². The highest BCUT2D eigenvalue weighted by molar-refractivity contribution is 5.83. The molecule has 1 fully saturated rings. The van der Waals surface area contributed by atoms with Crippen molar-refractivity contribution in [3.05, 3.63) is 35.9 Å². The second-order valence-electron chi connectivity index (χ2n) is 3.70. The van der Waals surface area contributed by atoms with Crippen LogP contribution in [-0.2, 0) is 4.79 Å². The molecule has 74 valence electrons. The van der Waals surface area contributed by atoms with Crippen LogP contribution >= 0.6 is 0 Å². The number of nitrogens with two attached hydrogens (primary N) is 1. The lowest BCUT2D eigenvalue weighted by Crippen LogP contribution is -2.22. The van der Waals surface area contributed by atoms with Crippen LogP contribution in [0.2, 0.25) is 0 Å². The molecule has 0 aromatic heterocycles. The van der Waals surface area contributed by atoms with Gasteiger partial charge in [-0.25, -0.2) is 0 Å². The van der Waals surface area contributed by atoms with Gasteiger partial charge < -0.3 is 5.73 Å². The monoisotopic (exact) mass is 190 g/mol. The van der Waals surface area contributed by atoms with E-state index < -0.39 is 0 Å². The summed E-state index contributed by atoms with van der Waals surface area (Å²) in [5.74, 6) is -0.215. The highest BCUT2D eigenvalue weighted by Crippen LogP contribution is 2.31. The van der Waals surface area contributed by atoms with E-state index in [4.69, 9.17) is 5.73 Å². The summed E-state index contributed by atoms with van der Waals surface area (Å²) in [6.45, 7) is 2.89. The first-order valence-corrected chi connectivity index (χ1v) is 4.80. The lowest BCUT2D eigenvalue weighted by molar-refractivity contribution is -0.118. The minimum Gasteiger partial charge on any atom is -0.368 e. The van der Waals surface area contributed by atoms with E-state index in [1.54, 1.807) is 0 Å². The standard InChI is InChI=1S/C11H14N2O/c1-8(9-5-3-2-4-6-9)13-7-10(13)11(12)14/h2-6,8,10H,7H2,1H3,(H2,12,14). The molecule has 0 saturated carbocycles. The van der Waals surface area contributed by atoms with Crippen LogP contribution in [0.25, 0.3) is 0 Å². The van der Waals surface area contributed by atoms with Gasteiger partial charge in [0.05, 0.1) is 0 Å². The molecule has 0 radical (unpaired) electrons. The molecular weight excluding hydrogens is 176 g/mol. The van der Waals surface area contributed by atoms with Gasteiger partial charge >= 0.3 is 0 Å². The van der Waals surface area contributed by atoms with E-state index in [2.05, 4.69) is 24.0 Å². The number of hydrogen-bond acceptors (Lipinski definition) is 2. The van der Waals surface area contributed by atoms with Crippen molar-refractivity contribution < 1.29 is 4.79 Å². The summed E-state index contributed by atoms with van der Waals surface area (Å²) in [6.07, 6.45) is 0. The third-order valence-corrected chi connectivity index (χ3v) is 2.76. The highest BCUT2D eigenvalue weighted by Gasteiger charge is 2.42. The number of amides is 1. The fourth-order valence-electron chi connectivity index (χ4n) is 1.76. The Balaban J connectivity index is 2.05. The van der Waals surface area contributed by atoms with Gasteiger partial charge in [0.25, 0.3) is 0 Å². The fraction of sp³-hybridized carbons (Fsp3) is 0.364. The van der Waals surface area contributed by atoms with Crippen molar-refractivity contribution in [1.29, 1.82) is 0 Å². The summed E-state index contributed by atoms with van der Waals surface area (Å²) >= 11 is 0. The fourth-order valence-corrected chi connectivity index (χ4v) is 1.76. The minimum atomic E-state index is -0.215. The summed E-state index contributed by atoms with van der Waals surface area (Å²) in [5, 5.41) is 0. The first-order chi connectivity index (χ1) is 6.70. The summed E-state index contributed by atoms with van der Waals surface area (Å²) < 4.78 is 0. The Kier molecular flexibility index (Phi) is 2.25. The summed E-state index contributed by atoms with van der Waals surface area (Å²) in [5.41, 5.74) is 6.46. The number of hydrogen-bond donors (Lipinski definition) is 1. The van der Waals surface area contributed by atoms with Gasteiger partial charge in [-0.2, -0.15) is 0 Å². The number of carbonyl (C=O) groups excluding carboxylic acids is 1. The molecule has 0 bridgehead atoms. The average molecular weight is 190 g/mol. The summed E-state index contributed by atoms with van der Waals surface area (Å²) in [7, 11) is 0. The quantitative estimate of drug-likeness (QED) is 0.720. The van der Waals surface area contributed by atoms with Crippen molar-refractivity contribution in [2.45, 2.75) is 19.0 Å². The smallest absolute Gasteiger partial charge is 0.236 e. The number of carbonyl (C=O) groups is 1. The molecule has 0 spiro atoms. The lowest BCUT2D eigenvalue weighted by Gasteiger charge is -2.13. The number of rotatable bonds is 3. The Hall–Kier alpha value is -1.35. The molecule has 3 heteroatoms.